The fourth-order valence-corrected chi connectivity index (χ4v) is 2.50. The van der Waals surface area contributed by atoms with Crippen LogP contribution in [0.1, 0.15) is 22.8 Å². The van der Waals surface area contributed by atoms with E-state index in [9.17, 15) is 9.59 Å². The molecule has 0 amide bonds. The number of hydrogen-bond acceptors (Lipinski definition) is 4. The highest BCUT2D eigenvalue weighted by molar-refractivity contribution is 6.30. The van der Waals surface area contributed by atoms with Crippen molar-refractivity contribution < 1.29 is 19.1 Å². The standard InChI is InChI=1S/C19H15ClO4/c1-12(18(21)13-6-8-16(20)9-7-13)24-19(22)15-10-14-4-2-3-5-17(14)23-11-15/h2-10,12H,11H2,1H3/t12-/m1/s1. The van der Waals surface area contributed by atoms with E-state index in [1.165, 1.54) is 0 Å². The summed E-state index contributed by atoms with van der Waals surface area (Å²) in [6.45, 7) is 1.67. The summed E-state index contributed by atoms with van der Waals surface area (Å²) < 4.78 is 10.8. The summed E-state index contributed by atoms with van der Waals surface area (Å²) in [6.07, 6.45) is 0.831. The molecule has 1 heterocycles. The monoisotopic (exact) mass is 342 g/mol. The summed E-state index contributed by atoms with van der Waals surface area (Å²) in [6, 6.07) is 13.9. The summed E-state index contributed by atoms with van der Waals surface area (Å²) in [4.78, 5) is 24.6. The van der Waals surface area contributed by atoms with Crippen LogP contribution < -0.4 is 4.74 Å². The first-order valence-corrected chi connectivity index (χ1v) is 7.85. The van der Waals surface area contributed by atoms with Crippen LogP contribution in [0.5, 0.6) is 5.75 Å². The molecule has 0 unspecified atom stereocenters. The molecule has 0 fully saturated rings. The second-order valence-electron chi connectivity index (χ2n) is 5.41. The number of carbonyl (C=O) groups is 2. The third-order valence-electron chi connectivity index (χ3n) is 3.68. The van der Waals surface area contributed by atoms with Crippen LogP contribution in [-0.4, -0.2) is 24.5 Å². The quantitative estimate of drug-likeness (QED) is 0.624. The van der Waals surface area contributed by atoms with Crippen molar-refractivity contribution in [3.63, 3.8) is 0 Å². The van der Waals surface area contributed by atoms with Gasteiger partial charge in [-0.1, -0.05) is 29.8 Å². The number of Topliss-reactive ketones (excluding diaryl/α,β-unsaturated/α-hetero) is 1. The molecular weight excluding hydrogens is 328 g/mol. The van der Waals surface area contributed by atoms with E-state index in [0.29, 0.717) is 16.2 Å². The molecule has 24 heavy (non-hydrogen) atoms. The van der Waals surface area contributed by atoms with Gasteiger partial charge in [0.1, 0.15) is 12.4 Å². The Hall–Kier alpha value is -2.59. The van der Waals surface area contributed by atoms with Crippen LogP contribution in [0, 0.1) is 0 Å². The number of benzene rings is 2. The number of halogens is 1. The van der Waals surface area contributed by atoms with E-state index < -0.39 is 12.1 Å². The zero-order chi connectivity index (χ0) is 17.1. The molecule has 3 rings (SSSR count). The lowest BCUT2D eigenvalue weighted by Crippen LogP contribution is -2.27. The highest BCUT2D eigenvalue weighted by Crippen LogP contribution is 2.26. The third kappa shape index (κ3) is 3.49. The van der Waals surface area contributed by atoms with Crippen molar-refractivity contribution in [1.29, 1.82) is 0 Å². The van der Waals surface area contributed by atoms with E-state index in [1.54, 1.807) is 37.3 Å². The molecule has 122 valence electrons. The lowest BCUT2D eigenvalue weighted by atomic mass is 10.1. The molecule has 5 heteroatoms. The van der Waals surface area contributed by atoms with Gasteiger partial charge >= 0.3 is 5.97 Å². The van der Waals surface area contributed by atoms with Crippen molar-refractivity contribution >= 4 is 29.4 Å². The van der Waals surface area contributed by atoms with Crippen LogP contribution in [-0.2, 0) is 9.53 Å². The van der Waals surface area contributed by atoms with E-state index in [0.717, 1.165) is 11.3 Å². The molecule has 0 saturated carbocycles. The Morgan fingerprint density at radius 1 is 1.12 bits per heavy atom. The lowest BCUT2D eigenvalue weighted by molar-refractivity contribution is -0.141. The second-order valence-corrected chi connectivity index (χ2v) is 5.85. The Kier molecular flexibility index (Phi) is 4.67. The van der Waals surface area contributed by atoms with Gasteiger partial charge in [0.05, 0.1) is 5.57 Å². The summed E-state index contributed by atoms with van der Waals surface area (Å²) in [5, 5.41) is 0.541. The Balaban J connectivity index is 1.69. The van der Waals surface area contributed by atoms with Gasteiger partial charge in [-0.25, -0.2) is 4.79 Å². The number of para-hydroxylation sites is 1. The van der Waals surface area contributed by atoms with Crippen LogP contribution >= 0.6 is 11.6 Å². The molecule has 0 bridgehead atoms. The maximum absolute atomic E-state index is 12.3. The maximum atomic E-state index is 12.3. The zero-order valence-corrected chi connectivity index (χ0v) is 13.7. The molecule has 0 radical (unpaired) electrons. The molecule has 2 aromatic rings. The van der Waals surface area contributed by atoms with Crippen molar-refractivity contribution in [2.45, 2.75) is 13.0 Å². The van der Waals surface area contributed by atoms with Crippen LogP contribution in [0.15, 0.2) is 54.1 Å². The van der Waals surface area contributed by atoms with Crippen molar-refractivity contribution in [1.82, 2.24) is 0 Å². The topological polar surface area (TPSA) is 52.6 Å². The predicted molar refractivity (Wildman–Crippen MR) is 91.3 cm³/mol. The molecule has 0 aromatic heterocycles. The molecule has 0 saturated heterocycles. The largest absolute Gasteiger partial charge is 0.488 e. The minimum absolute atomic E-state index is 0.123. The van der Waals surface area contributed by atoms with E-state index in [-0.39, 0.29) is 12.4 Å². The first-order chi connectivity index (χ1) is 11.5. The number of carbonyl (C=O) groups excluding carboxylic acids is 2. The zero-order valence-electron chi connectivity index (χ0n) is 13.0. The minimum atomic E-state index is -0.892. The van der Waals surface area contributed by atoms with Crippen LogP contribution in [0.4, 0.5) is 0 Å². The Bertz CT molecular complexity index is 808. The van der Waals surface area contributed by atoms with Crippen LogP contribution in [0.25, 0.3) is 6.08 Å². The molecule has 0 N–H and O–H groups in total. The smallest absolute Gasteiger partial charge is 0.338 e. The highest BCUT2D eigenvalue weighted by atomic mass is 35.5. The number of fused-ring (bicyclic) bond motifs is 1. The van der Waals surface area contributed by atoms with Crippen molar-refractivity contribution in [2.75, 3.05) is 6.61 Å². The van der Waals surface area contributed by atoms with Gasteiger partial charge < -0.3 is 9.47 Å². The van der Waals surface area contributed by atoms with Gasteiger partial charge in [0.2, 0.25) is 5.78 Å². The van der Waals surface area contributed by atoms with Crippen molar-refractivity contribution in [2.24, 2.45) is 0 Å². The molecule has 1 atom stereocenters. The number of esters is 1. The summed E-state index contributed by atoms with van der Waals surface area (Å²) in [5.41, 5.74) is 1.63. The molecular formula is C19H15ClO4. The van der Waals surface area contributed by atoms with Crippen LogP contribution in [0.3, 0.4) is 0 Å². The maximum Gasteiger partial charge on any atom is 0.338 e. The van der Waals surface area contributed by atoms with Gasteiger partial charge in [0.15, 0.2) is 6.10 Å². The SMILES string of the molecule is C[C@@H](OC(=O)C1=Cc2ccccc2OC1)C(=O)c1ccc(Cl)cc1. The lowest BCUT2D eigenvalue weighted by Gasteiger charge is -2.18. The molecule has 1 aliphatic heterocycles. The average molecular weight is 343 g/mol. The molecule has 2 aromatic carbocycles. The minimum Gasteiger partial charge on any atom is -0.488 e. The van der Waals surface area contributed by atoms with Gasteiger partial charge in [-0.3, -0.25) is 4.79 Å². The fraction of sp³-hybridized carbons (Fsp3) is 0.158. The second kappa shape index (κ2) is 6.89. The highest BCUT2D eigenvalue weighted by Gasteiger charge is 2.24. The first kappa shape index (κ1) is 16.3. The van der Waals surface area contributed by atoms with E-state index in [2.05, 4.69) is 0 Å². The van der Waals surface area contributed by atoms with Gasteiger partial charge in [-0.2, -0.15) is 0 Å². The van der Waals surface area contributed by atoms with Crippen molar-refractivity contribution in [3.05, 3.63) is 70.3 Å². The molecule has 0 aliphatic carbocycles. The number of rotatable bonds is 4. The predicted octanol–water partition coefficient (Wildman–Crippen LogP) is 3.93. The van der Waals surface area contributed by atoms with Gasteiger partial charge in [-0.15, -0.1) is 0 Å². The molecule has 0 spiro atoms. The average Bonchev–Trinajstić information content (AvgIpc) is 2.61. The fourth-order valence-electron chi connectivity index (χ4n) is 2.37. The third-order valence-corrected chi connectivity index (χ3v) is 3.93. The summed E-state index contributed by atoms with van der Waals surface area (Å²) >= 11 is 5.81. The summed E-state index contributed by atoms with van der Waals surface area (Å²) in [7, 11) is 0. The Morgan fingerprint density at radius 2 is 1.83 bits per heavy atom. The van der Waals surface area contributed by atoms with Gasteiger partial charge in [0, 0.05) is 16.1 Å². The van der Waals surface area contributed by atoms with Crippen LogP contribution in [0.2, 0.25) is 5.02 Å². The normalized spacial score (nSPS) is 14.0. The van der Waals surface area contributed by atoms with Gasteiger partial charge in [0.25, 0.3) is 0 Å². The number of ether oxygens (including phenoxy) is 2. The molecule has 4 nitrogen and oxygen atoms in total. The van der Waals surface area contributed by atoms with E-state index in [1.807, 2.05) is 24.3 Å². The number of hydrogen-bond donors (Lipinski definition) is 0. The van der Waals surface area contributed by atoms with Gasteiger partial charge in [-0.05, 0) is 43.3 Å². The van der Waals surface area contributed by atoms with E-state index >= 15 is 0 Å². The Morgan fingerprint density at radius 3 is 2.58 bits per heavy atom. The first-order valence-electron chi connectivity index (χ1n) is 7.48. The Labute approximate surface area is 144 Å². The van der Waals surface area contributed by atoms with E-state index in [4.69, 9.17) is 21.1 Å². The number of ketones is 1. The van der Waals surface area contributed by atoms with Crippen molar-refractivity contribution in [3.8, 4) is 5.75 Å². The molecule has 1 aliphatic rings. The summed E-state index contributed by atoms with van der Waals surface area (Å²) in [5.74, 6) is -0.114.